The first kappa shape index (κ1) is 13.3. The van der Waals surface area contributed by atoms with E-state index in [1.165, 1.54) is 0 Å². The number of carbonyl (C=O) groups excluding carboxylic acids is 1. The molecule has 1 aliphatic carbocycles. The lowest BCUT2D eigenvalue weighted by molar-refractivity contribution is -0.192. The molecule has 1 rings (SSSR count). The summed E-state index contributed by atoms with van der Waals surface area (Å²) in [5.41, 5.74) is 1.88. The highest BCUT2D eigenvalue weighted by atomic mass is 19.4. The molecular weight excluding hydrogens is 223 g/mol. The number of nitrogens with one attached hydrogen (secondary N) is 1. The topological polar surface area (TPSA) is 38.3 Å². The molecule has 0 heterocycles. The summed E-state index contributed by atoms with van der Waals surface area (Å²) >= 11 is 0. The lowest BCUT2D eigenvalue weighted by Gasteiger charge is -2.14. The zero-order valence-corrected chi connectivity index (χ0v) is 8.98. The minimum Gasteiger partial charge on any atom is -0.273 e. The van der Waals surface area contributed by atoms with Gasteiger partial charge < -0.3 is 0 Å². The summed E-state index contributed by atoms with van der Waals surface area (Å²) in [7, 11) is 0. The molecule has 94 valence electrons. The maximum Gasteiger partial charge on any atom is 0.414 e. The SMILES string of the molecule is O=C(NOCC(F)(F)F)C1CCCCCC1. The zero-order chi connectivity index (χ0) is 12.0. The second-order valence-electron chi connectivity index (χ2n) is 4.06. The average Bonchev–Trinajstić information content (AvgIpc) is 2.43. The fraction of sp³-hybridized carbons (Fsp3) is 0.900. The van der Waals surface area contributed by atoms with Gasteiger partial charge in [0.1, 0.15) is 0 Å². The second kappa shape index (κ2) is 6.08. The van der Waals surface area contributed by atoms with Crippen LogP contribution >= 0.6 is 0 Å². The molecular formula is C10H16F3NO2. The molecule has 0 aromatic carbocycles. The van der Waals surface area contributed by atoms with Crippen molar-refractivity contribution >= 4 is 5.91 Å². The Kier molecular flexibility index (Phi) is 5.05. The van der Waals surface area contributed by atoms with E-state index in [1.54, 1.807) is 0 Å². The van der Waals surface area contributed by atoms with Crippen LogP contribution in [0.25, 0.3) is 0 Å². The zero-order valence-electron chi connectivity index (χ0n) is 8.98. The summed E-state index contributed by atoms with van der Waals surface area (Å²) < 4.78 is 35.2. The highest BCUT2D eigenvalue weighted by Gasteiger charge is 2.29. The van der Waals surface area contributed by atoms with Gasteiger partial charge in [0.2, 0.25) is 5.91 Å². The first-order valence-electron chi connectivity index (χ1n) is 5.47. The van der Waals surface area contributed by atoms with Crippen LogP contribution in [0.2, 0.25) is 0 Å². The molecule has 1 saturated carbocycles. The summed E-state index contributed by atoms with van der Waals surface area (Å²) in [6, 6.07) is 0. The Morgan fingerprint density at radius 2 is 1.75 bits per heavy atom. The largest absolute Gasteiger partial charge is 0.414 e. The molecule has 0 radical (unpaired) electrons. The quantitative estimate of drug-likeness (QED) is 0.607. The molecule has 16 heavy (non-hydrogen) atoms. The third-order valence-electron chi connectivity index (χ3n) is 2.63. The van der Waals surface area contributed by atoms with Crippen LogP contribution in [0.5, 0.6) is 0 Å². The highest BCUT2D eigenvalue weighted by molar-refractivity contribution is 5.77. The van der Waals surface area contributed by atoms with E-state index in [2.05, 4.69) is 4.84 Å². The van der Waals surface area contributed by atoms with Crippen molar-refractivity contribution in [1.29, 1.82) is 0 Å². The molecule has 0 spiro atoms. The van der Waals surface area contributed by atoms with Crippen LogP contribution in [0.3, 0.4) is 0 Å². The van der Waals surface area contributed by atoms with Crippen LogP contribution in [0.4, 0.5) is 13.2 Å². The minimum atomic E-state index is -4.41. The predicted octanol–water partition coefficient (Wildman–Crippen LogP) is 2.57. The average molecular weight is 239 g/mol. The van der Waals surface area contributed by atoms with E-state index in [1.807, 2.05) is 5.48 Å². The first-order valence-corrected chi connectivity index (χ1v) is 5.47. The smallest absolute Gasteiger partial charge is 0.273 e. The fourth-order valence-corrected chi connectivity index (χ4v) is 1.81. The Labute approximate surface area is 92.3 Å². The monoisotopic (exact) mass is 239 g/mol. The van der Waals surface area contributed by atoms with Crippen LogP contribution in [-0.4, -0.2) is 18.7 Å². The molecule has 6 heteroatoms. The van der Waals surface area contributed by atoms with Gasteiger partial charge in [-0.2, -0.15) is 13.2 Å². The van der Waals surface area contributed by atoms with E-state index >= 15 is 0 Å². The Morgan fingerprint density at radius 3 is 2.25 bits per heavy atom. The van der Waals surface area contributed by atoms with Gasteiger partial charge in [-0.05, 0) is 12.8 Å². The van der Waals surface area contributed by atoms with Gasteiger partial charge in [-0.1, -0.05) is 25.7 Å². The highest BCUT2D eigenvalue weighted by Crippen LogP contribution is 2.23. The Balaban J connectivity index is 2.23. The Morgan fingerprint density at radius 1 is 1.19 bits per heavy atom. The summed E-state index contributed by atoms with van der Waals surface area (Å²) in [4.78, 5) is 15.6. The number of hydroxylamine groups is 1. The van der Waals surface area contributed by atoms with Gasteiger partial charge in [-0.15, -0.1) is 0 Å². The van der Waals surface area contributed by atoms with E-state index < -0.39 is 18.7 Å². The normalized spacial score (nSPS) is 19.2. The van der Waals surface area contributed by atoms with Gasteiger partial charge in [0, 0.05) is 5.92 Å². The fourth-order valence-electron chi connectivity index (χ4n) is 1.81. The van der Waals surface area contributed by atoms with Gasteiger partial charge in [0.15, 0.2) is 6.61 Å². The van der Waals surface area contributed by atoms with Crippen molar-refractivity contribution in [3.63, 3.8) is 0 Å². The number of alkyl halides is 3. The summed E-state index contributed by atoms with van der Waals surface area (Å²) in [6.07, 6.45) is 1.16. The molecule has 0 unspecified atom stereocenters. The summed E-state index contributed by atoms with van der Waals surface area (Å²) in [5.74, 6) is -0.623. The number of amides is 1. The molecule has 0 aromatic heterocycles. The van der Waals surface area contributed by atoms with Crippen LogP contribution in [0.15, 0.2) is 0 Å². The number of halogens is 3. The molecule has 1 aliphatic rings. The standard InChI is InChI=1S/C10H16F3NO2/c11-10(12,13)7-16-14-9(15)8-5-3-1-2-4-6-8/h8H,1-7H2,(H,14,15). The van der Waals surface area contributed by atoms with Crippen molar-refractivity contribution in [2.24, 2.45) is 5.92 Å². The van der Waals surface area contributed by atoms with Crippen molar-refractivity contribution in [2.45, 2.75) is 44.7 Å². The molecule has 0 atom stereocenters. The predicted molar refractivity (Wildman–Crippen MR) is 51.3 cm³/mol. The van der Waals surface area contributed by atoms with Crippen molar-refractivity contribution in [3.8, 4) is 0 Å². The molecule has 3 nitrogen and oxygen atoms in total. The molecule has 1 N–H and O–H groups in total. The first-order chi connectivity index (χ1) is 7.49. The van der Waals surface area contributed by atoms with Crippen molar-refractivity contribution in [1.82, 2.24) is 5.48 Å². The molecule has 1 fully saturated rings. The minimum absolute atomic E-state index is 0.198. The number of rotatable bonds is 3. The van der Waals surface area contributed by atoms with Crippen molar-refractivity contribution < 1.29 is 22.8 Å². The van der Waals surface area contributed by atoms with E-state index in [-0.39, 0.29) is 5.92 Å². The van der Waals surface area contributed by atoms with Crippen LogP contribution in [-0.2, 0) is 9.63 Å². The van der Waals surface area contributed by atoms with E-state index in [0.29, 0.717) is 0 Å². The third kappa shape index (κ3) is 5.34. The van der Waals surface area contributed by atoms with E-state index in [9.17, 15) is 18.0 Å². The Bertz CT molecular complexity index is 223. The van der Waals surface area contributed by atoms with Crippen molar-refractivity contribution in [2.75, 3.05) is 6.61 Å². The number of hydrogen-bond acceptors (Lipinski definition) is 2. The second-order valence-corrected chi connectivity index (χ2v) is 4.06. The Hall–Kier alpha value is -0.780. The van der Waals surface area contributed by atoms with Crippen LogP contribution in [0, 0.1) is 5.92 Å². The molecule has 0 aliphatic heterocycles. The summed E-state index contributed by atoms with van der Waals surface area (Å²) in [6.45, 7) is -1.44. The van der Waals surface area contributed by atoms with E-state index in [0.717, 1.165) is 38.5 Å². The number of carbonyl (C=O) groups is 1. The lowest BCUT2D eigenvalue weighted by Crippen LogP contribution is -2.33. The van der Waals surface area contributed by atoms with Gasteiger partial charge in [0.05, 0.1) is 0 Å². The lowest BCUT2D eigenvalue weighted by atomic mass is 10.0. The molecule has 0 saturated heterocycles. The van der Waals surface area contributed by atoms with Gasteiger partial charge in [-0.25, -0.2) is 5.48 Å². The van der Waals surface area contributed by atoms with Gasteiger partial charge in [0.25, 0.3) is 0 Å². The number of hydrogen-bond donors (Lipinski definition) is 1. The molecule has 0 bridgehead atoms. The van der Waals surface area contributed by atoms with Crippen molar-refractivity contribution in [3.05, 3.63) is 0 Å². The maximum absolute atomic E-state index is 11.7. The van der Waals surface area contributed by atoms with Gasteiger partial charge in [-0.3, -0.25) is 9.63 Å². The molecule has 0 aromatic rings. The maximum atomic E-state index is 11.7. The molecule has 1 amide bonds. The summed E-state index contributed by atoms with van der Waals surface area (Å²) in [5, 5.41) is 0. The van der Waals surface area contributed by atoms with Crippen LogP contribution in [0.1, 0.15) is 38.5 Å². The van der Waals surface area contributed by atoms with Crippen LogP contribution < -0.4 is 5.48 Å². The van der Waals surface area contributed by atoms with E-state index in [4.69, 9.17) is 0 Å². The van der Waals surface area contributed by atoms with Gasteiger partial charge >= 0.3 is 6.18 Å². The third-order valence-corrected chi connectivity index (χ3v) is 2.63.